The van der Waals surface area contributed by atoms with Gasteiger partial charge < -0.3 is 20.1 Å². The molecular weight excluding hydrogens is 172 g/mol. The minimum absolute atomic E-state index is 0.0405. The highest BCUT2D eigenvalue weighted by molar-refractivity contribution is 5.68. The number of benzene rings is 1. The molecule has 1 atom stereocenters. The van der Waals surface area contributed by atoms with Crippen molar-refractivity contribution in [2.24, 2.45) is 0 Å². The van der Waals surface area contributed by atoms with Crippen molar-refractivity contribution in [2.45, 2.75) is 6.29 Å². The number of aromatic hydroxyl groups is 1. The maximum Gasteiger partial charge on any atom is 0.221 e. The quantitative estimate of drug-likeness (QED) is 0.557. The van der Waals surface area contributed by atoms with Gasteiger partial charge >= 0.3 is 0 Å². The number of aliphatic hydroxyl groups is 2. The van der Waals surface area contributed by atoms with E-state index in [0.29, 0.717) is 11.3 Å². The van der Waals surface area contributed by atoms with Gasteiger partial charge in [-0.25, -0.2) is 0 Å². The average Bonchev–Trinajstić information content (AvgIpc) is 2.06. The van der Waals surface area contributed by atoms with Crippen LogP contribution in [0.4, 0.5) is 0 Å². The molecule has 0 bridgehead atoms. The van der Waals surface area contributed by atoms with E-state index >= 15 is 0 Å². The second-order valence-corrected chi connectivity index (χ2v) is 2.74. The molecule has 1 aromatic rings. The second kappa shape index (κ2) is 2.67. The van der Waals surface area contributed by atoms with Crippen LogP contribution in [-0.2, 0) is 0 Å². The Labute approximate surface area is 74.3 Å². The van der Waals surface area contributed by atoms with Crippen molar-refractivity contribution in [1.29, 1.82) is 0 Å². The van der Waals surface area contributed by atoms with E-state index in [0.717, 1.165) is 6.08 Å². The highest BCUT2D eigenvalue weighted by Crippen LogP contribution is 2.32. The lowest BCUT2D eigenvalue weighted by Crippen LogP contribution is -2.17. The van der Waals surface area contributed by atoms with Crippen molar-refractivity contribution >= 4 is 5.76 Å². The van der Waals surface area contributed by atoms with Crippen molar-refractivity contribution < 1.29 is 20.1 Å². The molecular formula is C9H8O4. The zero-order valence-corrected chi connectivity index (χ0v) is 6.64. The molecule has 0 saturated carbocycles. The first-order chi connectivity index (χ1) is 6.16. The molecule has 1 aromatic carbocycles. The standard InChI is InChI=1S/C9H8O4/c10-5-1-2-8-6(3-5)7(11)4-9(12)13-8/h1-4,9-12H. The van der Waals surface area contributed by atoms with Crippen LogP contribution in [0.5, 0.6) is 11.5 Å². The fraction of sp³-hybridized carbons (Fsp3) is 0.111. The summed E-state index contributed by atoms with van der Waals surface area (Å²) < 4.78 is 4.97. The second-order valence-electron chi connectivity index (χ2n) is 2.74. The Kier molecular flexibility index (Phi) is 1.63. The van der Waals surface area contributed by atoms with Gasteiger partial charge in [0.15, 0.2) is 0 Å². The summed E-state index contributed by atoms with van der Waals surface area (Å²) >= 11 is 0. The van der Waals surface area contributed by atoms with Crippen molar-refractivity contribution in [3.8, 4) is 11.5 Å². The number of fused-ring (bicyclic) bond motifs is 1. The van der Waals surface area contributed by atoms with Crippen LogP contribution in [0.2, 0.25) is 0 Å². The van der Waals surface area contributed by atoms with E-state index in [1.807, 2.05) is 0 Å². The normalized spacial score (nSPS) is 20.1. The summed E-state index contributed by atoms with van der Waals surface area (Å²) in [5.41, 5.74) is 0.380. The smallest absolute Gasteiger partial charge is 0.221 e. The summed E-state index contributed by atoms with van der Waals surface area (Å²) in [5.74, 6) is 0.300. The summed E-state index contributed by atoms with van der Waals surface area (Å²) in [6, 6.07) is 4.27. The Balaban J connectivity index is 2.54. The van der Waals surface area contributed by atoms with Crippen molar-refractivity contribution in [2.75, 3.05) is 0 Å². The van der Waals surface area contributed by atoms with E-state index in [-0.39, 0.29) is 11.5 Å². The lowest BCUT2D eigenvalue weighted by molar-refractivity contribution is 0.0206. The van der Waals surface area contributed by atoms with Crippen LogP contribution in [-0.4, -0.2) is 21.6 Å². The number of rotatable bonds is 0. The van der Waals surface area contributed by atoms with Crippen LogP contribution in [0.15, 0.2) is 24.3 Å². The third-order valence-electron chi connectivity index (χ3n) is 1.79. The number of phenolic OH excluding ortho intramolecular Hbond substituents is 1. The molecule has 1 aliphatic rings. The Morgan fingerprint density at radius 1 is 1.23 bits per heavy atom. The highest BCUT2D eigenvalue weighted by Gasteiger charge is 2.18. The van der Waals surface area contributed by atoms with Crippen LogP contribution in [0, 0.1) is 0 Å². The molecule has 68 valence electrons. The van der Waals surface area contributed by atoms with Gasteiger partial charge in [-0.1, -0.05) is 0 Å². The predicted octanol–water partition coefficient (Wildman–Crippen LogP) is 1.00. The molecule has 1 heterocycles. The van der Waals surface area contributed by atoms with Crippen LogP contribution in [0.1, 0.15) is 5.56 Å². The Morgan fingerprint density at radius 2 is 2.00 bits per heavy atom. The van der Waals surface area contributed by atoms with Crippen molar-refractivity contribution in [1.82, 2.24) is 0 Å². The average molecular weight is 180 g/mol. The number of aliphatic hydroxyl groups excluding tert-OH is 2. The highest BCUT2D eigenvalue weighted by atomic mass is 16.6. The van der Waals surface area contributed by atoms with Crippen molar-refractivity contribution in [3.63, 3.8) is 0 Å². The van der Waals surface area contributed by atoms with Crippen LogP contribution >= 0.6 is 0 Å². The van der Waals surface area contributed by atoms with Gasteiger partial charge in [0, 0.05) is 6.08 Å². The number of ether oxygens (including phenoxy) is 1. The molecule has 4 heteroatoms. The Bertz CT molecular complexity index is 370. The third-order valence-corrected chi connectivity index (χ3v) is 1.79. The van der Waals surface area contributed by atoms with E-state index in [9.17, 15) is 5.11 Å². The van der Waals surface area contributed by atoms with Crippen LogP contribution in [0.25, 0.3) is 5.76 Å². The maximum absolute atomic E-state index is 9.37. The number of phenols is 1. The lowest BCUT2D eigenvalue weighted by atomic mass is 10.1. The van der Waals surface area contributed by atoms with E-state index in [1.54, 1.807) is 0 Å². The Morgan fingerprint density at radius 3 is 2.77 bits per heavy atom. The molecule has 0 saturated heterocycles. The summed E-state index contributed by atoms with van der Waals surface area (Å²) in [4.78, 5) is 0. The van der Waals surface area contributed by atoms with Gasteiger partial charge in [-0.05, 0) is 18.2 Å². The molecule has 2 rings (SSSR count). The summed E-state index contributed by atoms with van der Waals surface area (Å²) in [6.45, 7) is 0. The van der Waals surface area contributed by atoms with Crippen molar-refractivity contribution in [3.05, 3.63) is 29.8 Å². The molecule has 4 nitrogen and oxygen atoms in total. The van der Waals surface area contributed by atoms with Gasteiger partial charge in [0.2, 0.25) is 6.29 Å². The van der Waals surface area contributed by atoms with Gasteiger partial charge in [0.25, 0.3) is 0 Å². The van der Waals surface area contributed by atoms with E-state index in [2.05, 4.69) is 0 Å². The SMILES string of the molecule is OC1=CC(O)Oc2ccc(O)cc21. The first-order valence-electron chi connectivity index (χ1n) is 3.76. The van der Waals surface area contributed by atoms with Crippen LogP contribution < -0.4 is 4.74 Å². The van der Waals surface area contributed by atoms with Gasteiger partial charge in [-0.15, -0.1) is 0 Å². The first kappa shape index (κ1) is 7.94. The molecule has 0 aromatic heterocycles. The molecule has 0 radical (unpaired) electrons. The molecule has 3 N–H and O–H groups in total. The zero-order chi connectivity index (χ0) is 9.42. The number of hydrogen-bond acceptors (Lipinski definition) is 4. The summed E-state index contributed by atoms with van der Waals surface area (Å²) in [6.07, 6.45) is 0.0268. The minimum Gasteiger partial charge on any atom is -0.508 e. The topological polar surface area (TPSA) is 69.9 Å². The van der Waals surface area contributed by atoms with E-state index < -0.39 is 6.29 Å². The predicted molar refractivity (Wildman–Crippen MR) is 45.3 cm³/mol. The molecule has 0 fully saturated rings. The van der Waals surface area contributed by atoms with Gasteiger partial charge in [0.1, 0.15) is 17.3 Å². The van der Waals surface area contributed by atoms with Gasteiger partial charge in [-0.3, -0.25) is 0 Å². The van der Waals surface area contributed by atoms with E-state index in [4.69, 9.17) is 14.9 Å². The molecule has 1 unspecified atom stereocenters. The monoisotopic (exact) mass is 180 g/mol. The summed E-state index contributed by atoms with van der Waals surface area (Å²) in [5, 5.41) is 27.6. The molecule has 0 amide bonds. The zero-order valence-electron chi connectivity index (χ0n) is 6.64. The fourth-order valence-corrected chi connectivity index (χ4v) is 1.21. The molecule has 0 aliphatic carbocycles. The maximum atomic E-state index is 9.37. The molecule has 13 heavy (non-hydrogen) atoms. The van der Waals surface area contributed by atoms with Gasteiger partial charge in [0.05, 0.1) is 5.56 Å². The molecule has 1 aliphatic heterocycles. The van der Waals surface area contributed by atoms with E-state index in [1.165, 1.54) is 18.2 Å². The Hall–Kier alpha value is -1.68. The van der Waals surface area contributed by atoms with Gasteiger partial charge in [-0.2, -0.15) is 0 Å². The summed E-state index contributed by atoms with van der Waals surface area (Å²) in [7, 11) is 0. The lowest BCUT2D eigenvalue weighted by Gasteiger charge is -2.18. The fourth-order valence-electron chi connectivity index (χ4n) is 1.21. The first-order valence-corrected chi connectivity index (χ1v) is 3.76. The van der Waals surface area contributed by atoms with Crippen LogP contribution in [0.3, 0.4) is 0 Å². The number of hydrogen-bond donors (Lipinski definition) is 3. The minimum atomic E-state index is -1.13. The molecule has 0 spiro atoms. The largest absolute Gasteiger partial charge is 0.508 e. The third kappa shape index (κ3) is 1.31.